The first-order valence-electron chi connectivity index (χ1n) is 5.24. The maximum Gasteiger partial charge on any atom is 0.128 e. The molecule has 1 aromatic carbocycles. The van der Waals surface area contributed by atoms with Gasteiger partial charge in [0.1, 0.15) is 5.75 Å². The molecule has 1 N–H and O–H groups in total. The lowest BCUT2D eigenvalue weighted by molar-refractivity contribution is 0.170. The summed E-state index contributed by atoms with van der Waals surface area (Å²) >= 11 is 1.76. The number of aliphatic hydroxyl groups is 1. The summed E-state index contributed by atoms with van der Waals surface area (Å²) in [4.78, 5) is 0. The number of fused-ring (bicyclic) bond motifs is 1. The molecule has 0 saturated heterocycles. The number of hydrogen-bond donors (Lipinski definition) is 1. The van der Waals surface area contributed by atoms with Crippen molar-refractivity contribution in [3.63, 3.8) is 0 Å². The highest BCUT2D eigenvalue weighted by Gasteiger charge is 2.20. The molecule has 0 aliphatic carbocycles. The van der Waals surface area contributed by atoms with Crippen LogP contribution in [0.1, 0.15) is 23.7 Å². The summed E-state index contributed by atoms with van der Waals surface area (Å²) in [5.74, 6) is 1.90. The van der Waals surface area contributed by atoms with Crippen LogP contribution < -0.4 is 4.74 Å². The monoisotopic (exact) mass is 224 g/mol. The molecule has 1 aliphatic rings. The van der Waals surface area contributed by atoms with Gasteiger partial charge in [-0.2, -0.15) is 11.8 Å². The minimum Gasteiger partial charge on any atom is -0.493 e. The Hall–Kier alpha value is -0.670. The molecule has 0 spiro atoms. The Morgan fingerprint density at radius 1 is 1.53 bits per heavy atom. The number of benzene rings is 1. The van der Waals surface area contributed by atoms with Crippen LogP contribution >= 0.6 is 11.8 Å². The van der Waals surface area contributed by atoms with Crippen LogP contribution in [0.2, 0.25) is 0 Å². The molecule has 0 saturated carbocycles. The van der Waals surface area contributed by atoms with Crippen LogP contribution in [0.25, 0.3) is 0 Å². The average Bonchev–Trinajstić information content (AvgIpc) is 2.73. The van der Waals surface area contributed by atoms with Gasteiger partial charge in [-0.1, -0.05) is 18.2 Å². The van der Waals surface area contributed by atoms with E-state index in [4.69, 9.17) is 4.74 Å². The van der Waals surface area contributed by atoms with Gasteiger partial charge < -0.3 is 9.84 Å². The molecule has 2 nitrogen and oxygen atoms in total. The van der Waals surface area contributed by atoms with Crippen molar-refractivity contribution in [1.82, 2.24) is 0 Å². The third-order valence-electron chi connectivity index (χ3n) is 2.70. The van der Waals surface area contributed by atoms with E-state index in [0.29, 0.717) is 0 Å². The summed E-state index contributed by atoms with van der Waals surface area (Å²) < 4.78 is 5.56. The second-order valence-electron chi connectivity index (χ2n) is 3.73. The maximum absolute atomic E-state index is 10.0. The van der Waals surface area contributed by atoms with E-state index in [-0.39, 0.29) is 6.10 Å². The van der Waals surface area contributed by atoms with Crippen LogP contribution in [0.15, 0.2) is 18.2 Å². The molecule has 1 unspecified atom stereocenters. The van der Waals surface area contributed by atoms with Crippen molar-refractivity contribution >= 4 is 11.8 Å². The molecule has 0 amide bonds. The fourth-order valence-electron chi connectivity index (χ4n) is 1.89. The number of para-hydroxylation sites is 1. The largest absolute Gasteiger partial charge is 0.493 e. The molecular weight excluding hydrogens is 208 g/mol. The zero-order chi connectivity index (χ0) is 10.7. The van der Waals surface area contributed by atoms with Crippen LogP contribution in [-0.4, -0.2) is 23.7 Å². The predicted octanol–water partition coefficient (Wildman–Crippen LogP) is 2.41. The Morgan fingerprint density at radius 3 is 3.20 bits per heavy atom. The van der Waals surface area contributed by atoms with Crippen LogP contribution in [0.3, 0.4) is 0 Å². The van der Waals surface area contributed by atoms with Gasteiger partial charge in [-0.25, -0.2) is 0 Å². The Bertz CT molecular complexity index is 338. The van der Waals surface area contributed by atoms with Gasteiger partial charge in [0.15, 0.2) is 0 Å². The van der Waals surface area contributed by atoms with Crippen LogP contribution in [0, 0.1) is 0 Å². The van der Waals surface area contributed by atoms with Crippen molar-refractivity contribution in [1.29, 1.82) is 0 Å². The summed E-state index contributed by atoms with van der Waals surface area (Å²) in [6.07, 6.45) is 3.43. The lowest BCUT2D eigenvalue weighted by atomic mass is 10.0. The van der Waals surface area contributed by atoms with E-state index < -0.39 is 0 Å². The van der Waals surface area contributed by atoms with Crippen molar-refractivity contribution in [2.45, 2.75) is 18.9 Å². The summed E-state index contributed by atoms with van der Waals surface area (Å²) in [7, 11) is 0. The van der Waals surface area contributed by atoms with Crippen LogP contribution in [-0.2, 0) is 6.42 Å². The van der Waals surface area contributed by atoms with Gasteiger partial charge in [-0.3, -0.25) is 0 Å². The Kier molecular flexibility index (Phi) is 3.54. The van der Waals surface area contributed by atoms with E-state index in [0.717, 1.165) is 36.5 Å². The normalized spacial score (nSPS) is 15.9. The number of hydrogen-bond acceptors (Lipinski definition) is 3. The summed E-state index contributed by atoms with van der Waals surface area (Å²) in [6, 6.07) is 6.05. The molecule has 1 aliphatic heterocycles. The second kappa shape index (κ2) is 4.90. The highest BCUT2D eigenvalue weighted by molar-refractivity contribution is 7.98. The van der Waals surface area contributed by atoms with E-state index in [1.807, 2.05) is 12.1 Å². The first-order chi connectivity index (χ1) is 7.33. The van der Waals surface area contributed by atoms with Crippen molar-refractivity contribution in [3.8, 4) is 5.75 Å². The summed E-state index contributed by atoms with van der Waals surface area (Å²) in [6.45, 7) is 0.752. The molecule has 0 bridgehead atoms. The molecule has 1 atom stereocenters. The standard InChI is InChI=1S/C12H16O2S/c1-15-8-6-11(13)10-4-2-3-9-5-7-14-12(9)10/h2-4,11,13H,5-8H2,1H3. The Morgan fingerprint density at radius 2 is 2.40 bits per heavy atom. The van der Waals surface area contributed by atoms with E-state index >= 15 is 0 Å². The Labute approximate surface area is 94.6 Å². The van der Waals surface area contributed by atoms with Crippen molar-refractivity contribution in [3.05, 3.63) is 29.3 Å². The number of aliphatic hydroxyl groups excluding tert-OH is 1. The lowest BCUT2D eigenvalue weighted by Gasteiger charge is -2.13. The molecule has 0 fully saturated rings. The first-order valence-corrected chi connectivity index (χ1v) is 6.64. The SMILES string of the molecule is CSCCC(O)c1cccc2c1OCC2. The third kappa shape index (κ3) is 2.29. The molecule has 0 aromatic heterocycles. The fraction of sp³-hybridized carbons (Fsp3) is 0.500. The topological polar surface area (TPSA) is 29.5 Å². The zero-order valence-corrected chi connectivity index (χ0v) is 9.72. The number of thioether (sulfide) groups is 1. The van der Waals surface area contributed by atoms with Gasteiger partial charge >= 0.3 is 0 Å². The minimum absolute atomic E-state index is 0.384. The zero-order valence-electron chi connectivity index (χ0n) is 8.90. The van der Waals surface area contributed by atoms with E-state index in [9.17, 15) is 5.11 Å². The van der Waals surface area contributed by atoms with Gasteiger partial charge in [0, 0.05) is 12.0 Å². The Balaban J connectivity index is 2.17. The summed E-state index contributed by atoms with van der Waals surface area (Å²) in [5.41, 5.74) is 2.19. The van der Waals surface area contributed by atoms with Gasteiger partial charge in [0.05, 0.1) is 12.7 Å². The van der Waals surface area contributed by atoms with E-state index in [1.165, 1.54) is 5.56 Å². The fourth-order valence-corrected chi connectivity index (χ4v) is 2.35. The smallest absolute Gasteiger partial charge is 0.128 e. The molecule has 1 aromatic rings. The third-order valence-corrected chi connectivity index (χ3v) is 3.34. The van der Waals surface area contributed by atoms with Crippen LogP contribution in [0.5, 0.6) is 5.75 Å². The van der Waals surface area contributed by atoms with Gasteiger partial charge in [-0.15, -0.1) is 0 Å². The predicted molar refractivity (Wildman–Crippen MR) is 63.6 cm³/mol. The minimum atomic E-state index is -0.384. The van der Waals surface area contributed by atoms with Crippen LogP contribution in [0.4, 0.5) is 0 Å². The van der Waals surface area contributed by atoms with E-state index in [1.54, 1.807) is 11.8 Å². The van der Waals surface area contributed by atoms with Crippen molar-refractivity contribution < 1.29 is 9.84 Å². The molecule has 2 rings (SSSR count). The quantitative estimate of drug-likeness (QED) is 0.851. The second-order valence-corrected chi connectivity index (χ2v) is 4.72. The average molecular weight is 224 g/mol. The molecule has 1 heterocycles. The molecular formula is C12H16O2S. The maximum atomic E-state index is 10.0. The lowest BCUT2D eigenvalue weighted by Crippen LogP contribution is -2.01. The number of rotatable bonds is 4. The molecule has 3 heteroatoms. The van der Waals surface area contributed by atoms with Gasteiger partial charge in [0.25, 0.3) is 0 Å². The first kappa shape index (κ1) is 10.8. The van der Waals surface area contributed by atoms with Gasteiger partial charge in [-0.05, 0) is 24.0 Å². The van der Waals surface area contributed by atoms with Crippen molar-refractivity contribution in [2.75, 3.05) is 18.6 Å². The molecule has 15 heavy (non-hydrogen) atoms. The number of ether oxygens (including phenoxy) is 1. The van der Waals surface area contributed by atoms with E-state index in [2.05, 4.69) is 12.3 Å². The van der Waals surface area contributed by atoms with Gasteiger partial charge in [0.2, 0.25) is 0 Å². The summed E-state index contributed by atoms with van der Waals surface area (Å²) in [5, 5.41) is 10.0. The highest BCUT2D eigenvalue weighted by atomic mass is 32.2. The van der Waals surface area contributed by atoms with Crippen molar-refractivity contribution in [2.24, 2.45) is 0 Å². The molecule has 82 valence electrons. The highest BCUT2D eigenvalue weighted by Crippen LogP contribution is 2.34. The molecule has 0 radical (unpaired) electrons.